The Morgan fingerprint density at radius 3 is 2.45 bits per heavy atom. The lowest BCUT2D eigenvalue weighted by molar-refractivity contribution is 0.0243. The van der Waals surface area contributed by atoms with Crippen molar-refractivity contribution in [1.82, 2.24) is 29.4 Å². The van der Waals surface area contributed by atoms with Crippen LogP contribution in [0.4, 0.5) is 26.4 Å². The minimum absolute atomic E-state index is 0.103. The fraction of sp³-hybridized carbons (Fsp3) is 0.415. The first kappa shape index (κ1) is 37.7. The molecule has 55 heavy (non-hydrogen) atoms. The summed E-state index contributed by atoms with van der Waals surface area (Å²) in [6.07, 6.45) is 4.92. The third kappa shape index (κ3) is 7.55. The fourth-order valence-corrected chi connectivity index (χ4v) is 7.49. The van der Waals surface area contributed by atoms with Gasteiger partial charge in [-0.3, -0.25) is 9.59 Å². The number of fused-ring (bicyclic) bond motifs is 5. The average Bonchev–Trinajstić information content (AvgIpc) is 3.45. The van der Waals surface area contributed by atoms with Crippen molar-refractivity contribution < 1.29 is 19.0 Å². The molecular formula is C41H47FN8O5. The van der Waals surface area contributed by atoms with E-state index in [1.807, 2.05) is 52.5 Å². The van der Waals surface area contributed by atoms with Crippen molar-refractivity contribution in [2.24, 2.45) is 13.0 Å². The van der Waals surface area contributed by atoms with Crippen LogP contribution in [0.15, 0.2) is 70.5 Å². The number of aliphatic hydroxyl groups is 1. The van der Waals surface area contributed by atoms with E-state index in [2.05, 4.69) is 25.4 Å². The van der Waals surface area contributed by atoms with Crippen LogP contribution in [0.5, 0.6) is 0 Å². The van der Waals surface area contributed by atoms with Crippen molar-refractivity contribution >= 4 is 34.1 Å². The van der Waals surface area contributed by atoms with E-state index in [4.69, 9.17) is 4.74 Å². The molecule has 3 aliphatic heterocycles. The van der Waals surface area contributed by atoms with Crippen LogP contribution in [0.2, 0.25) is 0 Å². The normalized spacial score (nSPS) is 17.4. The Morgan fingerprint density at radius 1 is 0.982 bits per heavy atom. The number of amides is 1. The van der Waals surface area contributed by atoms with Gasteiger partial charge in [0.15, 0.2) is 0 Å². The van der Waals surface area contributed by atoms with Crippen LogP contribution in [0.3, 0.4) is 0 Å². The van der Waals surface area contributed by atoms with Gasteiger partial charge in [0.25, 0.3) is 11.1 Å². The molecule has 3 saturated heterocycles. The summed E-state index contributed by atoms with van der Waals surface area (Å²) in [6, 6.07) is 13.6. The first-order valence-corrected chi connectivity index (χ1v) is 18.5. The number of piperidine rings is 1. The Hall–Kier alpha value is -5.63. The highest BCUT2D eigenvalue weighted by atomic mass is 19.1. The zero-order chi connectivity index (χ0) is 39.4. The Labute approximate surface area is 318 Å². The third-order valence-corrected chi connectivity index (χ3v) is 10.3. The number of ether oxygens (including phenoxy) is 1. The van der Waals surface area contributed by atoms with E-state index in [-0.39, 0.29) is 34.3 Å². The Bertz CT molecular complexity index is 2400. The monoisotopic (exact) mass is 750 g/mol. The van der Waals surface area contributed by atoms with Crippen molar-refractivity contribution in [2.45, 2.75) is 78.0 Å². The second-order valence-corrected chi connectivity index (χ2v) is 16.5. The predicted octanol–water partition coefficient (Wildman–Crippen LogP) is 6.05. The molecule has 14 heteroatoms. The number of anilines is 3. The van der Waals surface area contributed by atoms with Crippen molar-refractivity contribution in [3.05, 3.63) is 98.6 Å². The number of halogens is 1. The van der Waals surface area contributed by atoms with Gasteiger partial charge in [0.05, 0.1) is 41.5 Å². The zero-order valence-corrected chi connectivity index (χ0v) is 32.3. The smallest absolute Gasteiger partial charge is 0.410 e. The van der Waals surface area contributed by atoms with Gasteiger partial charge in [-0.15, -0.1) is 0 Å². The fourth-order valence-electron chi connectivity index (χ4n) is 7.49. The number of nitrogens with one attached hydrogen (secondary N) is 1. The second-order valence-electron chi connectivity index (χ2n) is 16.5. The second kappa shape index (κ2) is 14.2. The summed E-state index contributed by atoms with van der Waals surface area (Å²) in [5.74, 6) is 0.0991. The number of rotatable bonds is 6. The van der Waals surface area contributed by atoms with E-state index in [0.29, 0.717) is 47.0 Å². The number of pyridine rings is 1. The molecule has 2 unspecified atom stereocenters. The van der Waals surface area contributed by atoms with Crippen LogP contribution in [0.1, 0.15) is 65.5 Å². The third-order valence-electron chi connectivity index (χ3n) is 10.3. The molecule has 8 rings (SSSR count). The molecule has 2 N–H and O–H groups in total. The number of benzene rings is 2. The first-order chi connectivity index (χ1) is 26.0. The van der Waals surface area contributed by atoms with E-state index in [1.54, 1.807) is 42.6 Å². The van der Waals surface area contributed by atoms with Gasteiger partial charge >= 0.3 is 6.09 Å². The summed E-state index contributed by atoms with van der Waals surface area (Å²) in [5.41, 5.74) is 1.26. The number of carbonyl (C=O) groups excluding carboxylic acids is 1. The van der Waals surface area contributed by atoms with Gasteiger partial charge in [0, 0.05) is 49.2 Å². The molecule has 3 aliphatic rings. The highest BCUT2D eigenvalue weighted by Gasteiger charge is 2.38. The largest absolute Gasteiger partial charge is 0.444 e. The van der Waals surface area contributed by atoms with Crippen LogP contribution < -0.4 is 21.3 Å². The standard InChI is InChI=1S/C41H47FN8O5/c1-40(2,3)26-15-25-18-44-50(38(53)36(25)31(42)16-26)34-10-8-9-29(30(34)23-51)32-17-33(37(52)47(7)46-32)45-35-14-13-27(19-43-35)49-21-24-11-12-28(49)22-48(20-24)39(54)55-41(4,5)6/h8-10,13-19,24,28,51H,11-12,20-23H2,1-7H3,(H,43,45). The first-order valence-electron chi connectivity index (χ1n) is 18.5. The van der Waals surface area contributed by atoms with Crippen molar-refractivity contribution in [3.63, 3.8) is 0 Å². The van der Waals surface area contributed by atoms with E-state index < -0.39 is 29.1 Å². The molecule has 0 saturated carbocycles. The number of aryl methyl sites for hydroxylation is 1. The molecule has 0 aliphatic carbocycles. The summed E-state index contributed by atoms with van der Waals surface area (Å²) in [5, 5.41) is 22.9. The van der Waals surface area contributed by atoms with Crippen LogP contribution in [0.25, 0.3) is 27.7 Å². The Kier molecular flexibility index (Phi) is 9.74. The number of nitrogens with zero attached hydrogens (tertiary/aromatic N) is 7. The van der Waals surface area contributed by atoms with Crippen LogP contribution in [-0.2, 0) is 23.8 Å². The molecule has 0 radical (unpaired) electrons. The number of aliphatic hydroxyl groups excluding tert-OH is 1. The molecule has 13 nitrogen and oxygen atoms in total. The number of aromatic nitrogens is 5. The number of carbonyl (C=O) groups is 1. The lowest BCUT2D eigenvalue weighted by atomic mass is 9.86. The molecule has 3 fully saturated rings. The maximum Gasteiger partial charge on any atom is 0.410 e. The highest BCUT2D eigenvalue weighted by Crippen LogP contribution is 2.34. The molecule has 2 bridgehead atoms. The number of hydrogen-bond acceptors (Lipinski definition) is 10. The quantitative estimate of drug-likeness (QED) is 0.210. The lowest BCUT2D eigenvalue weighted by Gasteiger charge is -2.37. The molecular weight excluding hydrogens is 704 g/mol. The van der Waals surface area contributed by atoms with E-state index >= 15 is 4.39 Å². The minimum atomic E-state index is -0.666. The SMILES string of the molecule is Cn1nc(-c2cccc(-n3ncc4cc(C(C)(C)C)cc(F)c4c3=O)c2CO)cc(Nc2ccc(N3CC4CCC3CN(C(=O)OC(C)(C)C)C4)cn2)c1=O. The molecule has 5 aromatic rings. The van der Waals surface area contributed by atoms with E-state index in [0.717, 1.165) is 35.3 Å². The van der Waals surface area contributed by atoms with Gasteiger partial charge in [0.1, 0.15) is 22.9 Å². The van der Waals surface area contributed by atoms with Gasteiger partial charge in [-0.05, 0) is 86.9 Å². The maximum absolute atomic E-state index is 15.5. The van der Waals surface area contributed by atoms with Crippen LogP contribution in [0, 0.1) is 11.7 Å². The molecule has 1 amide bonds. The van der Waals surface area contributed by atoms with Gasteiger partial charge < -0.3 is 25.0 Å². The zero-order valence-electron chi connectivity index (χ0n) is 32.3. The summed E-state index contributed by atoms with van der Waals surface area (Å²) in [6.45, 7) is 13.0. The summed E-state index contributed by atoms with van der Waals surface area (Å²) >= 11 is 0. The minimum Gasteiger partial charge on any atom is -0.444 e. The molecule has 6 heterocycles. The maximum atomic E-state index is 15.5. The van der Waals surface area contributed by atoms with Crippen molar-refractivity contribution in [1.29, 1.82) is 0 Å². The Morgan fingerprint density at radius 2 is 1.76 bits per heavy atom. The summed E-state index contributed by atoms with van der Waals surface area (Å²) in [7, 11) is 1.52. The summed E-state index contributed by atoms with van der Waals surface area (Å²) in [4.78, 5) is 48.7. The average molecular weight is 751 g/mol. The van der Waals surface area contributed by atoms with Gasteiger partial charge in [-0.25, -0.2) is 18.9 Å². The van der Waals surface area contributed by atoms with Gasteiger partial charge in [-0.2, -0.15) is 14.9 Å². The topological polar surface area (TPSA) is 148 Å². The van der Waals surface area contributed by atoms with E-state index in [1.165, 1.54) is 24.0 Å². The highest BCUT2D eigenvalue weighted by molar-refractivity contribution is 5.83. The van der Waals surface area contributed by atoms with Gasteiger partial charge in [0.2, 0.25) is 0 Å². The van der Waals surface area contributed by atoms with Crippen molar-refractivity contribution in [2.75, 3.05) is 29.9 Å². The van der Waals surface area contributed by atoms with Crippen molar-refractivity contribution in [3.8, 4) is 16.9 Å². The van der Waals surface area contributed by atoms with E-state index in [9.17, 15) is 19.5 Å². The summed E-state index contributed by atoms with van der Waals surface area (Å²) < 4.78 is 23.4. The van der Waals surface area contributed by atoms with Crippen LogP contribution >= 0.6 is 0 Å². The molecule has 0 spiro atoms. The predicted molar refractivity (Wildman–Crippen MR) is 210 cm³/mol. The lowest BCUT2D eigenvalue weighted by Crippen LogP contribution is -2.45. The number of hydrogen-bond donors (Lipinski definition) is 2. The van der Waals surface area contributed by atoms with Gasteiger partial charge in [-0.1, -0.05) is 32.9 Å². The molecule has 2 atom stereocenters. The van der Waals surface area contributed by atoms with Crippen LogP contribution in [-0.4, -0.2) is 71.9 Å². The molecule has 3 aromatic heterocycles. The Balaban J connectivity index is 1.16. The molecule has 288 valence electrons. The molecule has 2 aromatic carbocycles.